The molecule has 0 heterocycles. The van der Waals surface area contributed by atoms with Crippen LogP contribution in [0.25, 0.3) is 0 Å². The lowest BCUT2D eigenvalue weighted by atomic mass is 10.1. The maximum absolute atomic E-state index is 4.91. The fourth-order valence-corrected chi connectivity index (χ4v) is 0.429. The van der Waals surface area contributed by atoms with E-state index in [4.69, 9.17) is 4.74 Å². The van der Waals surface area contributed by atoms with Gasteiger partial charge in [0.05, 0.1) is 12.9 Å². The Bertz CT molecular complexity index is 76.5. The minimum atomic E-state index is 0.500. The van der Waals surface area contributed by atoms with Crippen LogP contribution in [-0.2, 0) is 4.74 Å². The van der Waals surface area contributed by atoms with Crippen LogP contribution in [0.15, 0.2) is 12.3 Å². The summed E-state index contributed by atoms with van der Waals surface area (Å²) in [7, 11) is 1.66. The highest BCUT2D eigenvalue weighted by atomic mass is 16.5. The standard InChI is InChI=1S/C7H14O/c1-5-6(2)7(3)8-4/h6H,3,5H2,1-2,4H3/t6-/m0/s1. The zero-order valence-corrected chi connectivity index (χ0v) is 5.90. The summed E-state index contributed by atoms with van der Waals surface area (Å²) < 4.78 is 4.91. The Morgan fingerprint density at radius 3 is 2.38 bits per heavy atom. The number of allylic oxidation sites excluding steroid dienone is 1. The van der Waals surface area contributed by atoms with Crippen LogP contribution in [-0.4, -0.2) is 7.11 Å². The van der Waals surface area contributed by atoms with Crippen LogP contribution in [0, 0.1) is 5.92 Å². The number of methoxy groups -OCH3 is 1. The van der Waals surface area contributed by atoms with Crippen LogP contribution in [0.1, 0.15) is 20.3 Å². The number of rotatable bonds is 3. The maximum Gasteiger partial charge on any atom is 0.0911 e. The van der Waals surface area contributed by atoms with E-state index in [1.165, 1.54) is 0 Å². The fraction of sp³-hybridized carbons (Fsp3) is 0.714. The van der Waals surface area contributed by atoms with Crippen LogP contribution in [0.3, 0.4) is 0 Å². The van der Waals surface area contributed by atoms with Crippen molar-refractivity contribution in [3.05, 3.63) is 12.3 Å². The smallest absolute Gasteiger partial charge is 0.0911 e. The molecular weight excluding hydrogens is 100 g/mol. The molecule has 0 saturated carbocycles. The third-order valence-electron chi connectivity index (χ3n) is 1.42. The van der Waals surface area contributed by atoms with Crippen LogP contribution >= 0.6 is 0 Å². The molecule has 0 N–H and O–H groups in total. The van der Waals surface area contributed by atoms with Crippen LogP contribution in [0.2, 0.25) is 0 Å². The summed E-state index contributed by atoms with van der Waals surface area (Å²) >= 11 is 0. The molecular formula is C7H14O. The zero-order valence-electron chi connectivity index (χ0n) is 5.90. The van der Waals surface area contributed by atoms with Gasteiger partial charge in [0.1, 0.15) is 0 Å². The maximum atomic E-state index is 4.91. The Morgan fingerprint density at radius 1 is 1.75 bits per heavy atom. The van der Waals surface area contributed by atoms with E-state index in [9.17, 15) is 0 Å². The first kappa shape index (κ1) is 7.54. The minimum Gasteiger partial charge on any atom is -0.501 e. The molecule has 0 saturated heterocycles. The van der Waals surface area contributed by atoms with Crippen LogP contribution < -0.4 is 0 Å². The van der Waals surface area contributed by atoms with Gasteiger partial charge in [0.15, 0.2) is 0 Å². The molecule has 0 unspecified atom stereocenters. The Kier molecular flexibility index (Phi) is 3.33. The van der Waals surface area contributed by atoms with E-state index in [1.54, 1.807) is 7.11 Å². The van der Waals surface area contributed by atoms with Gasteiger partial charge in [-0.15, -0.1) is 0 Å². The molecule has 0 aliphatic heterocycles. The molecule has 0 aliphatic carbocycles. The van der Waals surface area contributed by atoms with Crippen molar-refractivity contribution in [2.45, 2.75) is 20.3 Å². The molecule has 0 fully saturated rings. The molecule has 0 aromatic rings. The van der Waals surface area contributed by atoms with Gasteiger partial charge >= 0.3 is 0 Å². The average molecular weight is 114 g/mol. The van der Waals surface area contributed by atoms with E-state index in [0.717, 1.165) is 12.2 Å². The SMILES string of the molecule is C=C(OC)[C@@H](C)CC. The first-order valence-electron chi connectivity index (χ1n) is 2.95. The zero-order chi connectivity index (χ0) is 6.57. The Balaban J connectivity index is 3.46. The van der Waals surface area contributed by atoms with Crippen molar-refractivity contribution in [2.75, 3.05) is 7.11 Å². The first-order chi connectivity index (χ1) is 3.72. The lowest BCUT2D eigenvalue weighted by molar-refractivity contribution is 0.247. The second-order valence-corrected chi connectivity index (χ2v) is 1.98. The number of hydrogen-bond acceptors (Lipinski definition) is 1. The second kappa shape index (κ2) is 3.53. The van der Waals surface area contributed by atoms with Gasteiger partial charge in [-0.05, 0) is 6.42 Å². The molecule has 48 valence electrons. The van der Waals surface area contributed by atoms with E-state index >= 15 is 0 Å². The third kappa shape index (κ3) is 2.01. The second-order valence-electron chi connectivity index (χ2n) is 1.98. The third-order valence-corrected chi connectivity index (χ3v) is 1.42. The highest BCUT2D eigenvalue weighted by Crippen LogP contribution is 2.10. The summed E-state index contributed by atoms with van der Waals surface area (Å²) in [5.41, 5.74) is 0. The molecule has 0 amide bonds. The molecule has 0 bridgehead atoms. The van der Waals surface area contributed by atoms with Gasteiger partial charge in [0.25, 0.3) is 0 Å². The van der Waals surface area contributed by atoms with Gasteiger partial charge in [0, 0.05) is 5.92 Å². The molecule has 0 aliphatic rings. The molecule has 8 heavy (non-hydrogen) atoms. The molecule has 0 radical (unpaired) electrons. The highest BCUT2D eigenvalue weighted by molar-refractivity contribution is 4.86. The van der Waals surface area contributed by atoms with Gasteiger partial charge in [-0.3, -0.25) is 0 Å². The van der Waals surface area contributed by atoms with Crippen LogP contribution in [0.5, 0.6) is 0 Å². The van der Waals surface area contributed by atoms with Crippen molar-refractivity contribution in [1.82, 2.24) is 0 Å². The van der Waals surface area contributed by atoms with Gasteiger partial charge in [-0.1, -0.05) is 20.4 Å². The predicted molar refractivity (Wildman–Crippen MR) is 35.6 cm³/mol. The largest absolute Gasteiger partial charge is 0.501 e. The van der Waals surface area contributed by atoms with Gasteiger partial charge in [-0.25, -0.2) is 0 Å². The van der Waals surface area contributed by atoms with E-state index in [0.29, 0.717) is 5.92 Å². The summed E-state index contributed by atoms with van der Waals surface area (Å²) in [6, 6.07) is 0. The Hall–Kier alpha value is -0.460. The van der Waals surface area contributed by atoms with Gasteiger partial charge < -0.3 is 4.74 Å². The molecule has 1 nitrogen and oxygen atoms in total. The Labute approximate surface area is 51.4 Å². The summed E-state index contributed by atoms with van der Waals surface area (Å²) in [4.78, 5) is 0. The van der Waals surface area contributed by atoms with Crippen molar-refractivity contribution < 1.29 is 4.74 Å². The van der Waals surface area contributed by atoms with Crippen molar-refractivity contribution in [1.29, 1.82) is 0 Å². The summed E-state index contributed by atoms with van der Waals surface area (Å²) in [6.45, 7) is 7.94. The van der Waals surface area contributed by atoms with Gasteiger partial charge in [0.2, 0.25) is 0 Å². The monoisotopic (exact) mass is 114 g/mol. The Morgan fingerprint density at radius 2 is 2.25 bits per heavy atom. The highest BCUT2D eigenvalue weighted by Gasteiger charge is 2.00. The number of ether oxygens (including phenoxy) is 1. The van der Waals surface area contributed by atoms with Crippen molar-refractivity contribution in [3.8, 4) is 0 Å². The van der Waals surface area contributed by atoms with E-state index in [2.05, 4.69) is 20.4 Å². The fourth-order valence-electron chi connectivity index (χ4n) is 0.429. The minimum absolute atomic E-state index is 0.500. The van der Waals surface area contributed by atoms with Gasteiger partial charge in [-0.2, -0.15) is 0 Å². The molecule has 0 spiro atoms. The van der Waals surface area contributed by atoms with Crippen molar-refractivity contribution in [3.63, 3.8) is 0 Å². The van der Waals surface area contributed by atoms with E-state index in [-0.39, 0.29) is 0 Å². The predicted octanol–water partition coefficient (Wildman–Crippen LogP) is 2.19. The number of hydrogen-bond donors (Lipinski definition) is 0. The summed E-state index contributed by atoms with van der Waals surface area (Å²) in [5, 5.41) is 0. The topological polar surface area (TPSA) is 9.23 Å². The van der Waals surface area contributed by atoms with Crippen LogP contribution in [0.4, 0.5) is 0 Å². The first-order valence-corrected chi connectivity index (χ1v) is 2.95. The lowest BCUT2D eigenvalue weighted by Crippen LogP contribution is -1.97. The molecule has 0 aromatic carbocycles. The lowest BCUT2D eigenvalue weighted by Gasteiger charge is -2.09. The van der Waals surface area contributed by atoms with E-state index < -0.39 is 0 Å². The summed E-state index contributed by atoms with van der Waals surface area (Å²) in [6.07, 6.45) is 1.10. The quantitative estimate of drug-likeness (QED) is 0.511. The molecule has 1 atom stereocenters. The molecule has 1 heteroatoms. The average Bonchev–Trinajstić information content (AvgIpc) is 1.84. The normalized spacial score (nSPS) is 12.9. The van der Waals surface area contributed by atoms with Crippen molar-refractivity contribution >= 4 is 0 Å². The molecule has 0 rings (SSSR count). The van der Waals surface area contributed by atoms with Crippen molar-refractivity contribution in [2.24, 2.45) is 5.92 Å². The van der Waals surface area contributed by atoms with E-state index in [1.807, 2.05) is 0 Å². The summed E-state index contributed by atoms with van der Waals surface area (Å²) in [5.74, 6) is 1.38. The molecule has 0 aromatic heterocycles.